The van der Waals surface area contributed by atoms with Gasteiger partial charge in [-0.3, -0.25) is 9.11 Å². The number of rotatable bonds is 4. The lowest BCUT2D eigenvalue weighted by atomic mass is 9.79. The minimum Gasteiger partial charge on any atom is -0.308 e. The molecule has 1 aliphatic carbocycles. The van der Waals surface area contributed by atoms with Crippen LogP contribution in [0.3, 0.4) is 0 Å². The largest absolute Gasteiger partial charge is 0.308 e. The molecule has 3 unspecified atom stereocenters. The van der Waals surface area contributed by atoms with E-state index in [9.17, 15) is 4.21 Å². The van der Waals surface area contributed by atoms with E-state index in [-0.39, 0.29) is 5.25 Å². The minimum atomic E-state index is -0.707. The summed E-state index contributed by atoms with van der Waals surface area (Å²) in [5, 5.41) is 4.14. The second kappa shape index (κ2) is 6.68. The summed E-state index contributed by atoms with van der Waals surface area (Å²) in [6.07, 6.45) is 9.80. The highest BCUT2D eigenvalue weighted by atomic mass is 32.2. The lowest BCUT2D eigenvalue weighted by Crippen LogP contribution is -2.65. The van der Waals surface area contributed by atoms with Crippen LogP contribution in [0.4, 0.5) is 0 Å². The van der Waals surface area contributed by atoms with E-state index >= 15 is 0 Å². The van der Waals surface area contributed by atoms with Crippen LogP contribution < -0.4 is 5.32 Å². The fourth-order valence-corrected chi connectivity index (χ4v) is 4.05. The van der Waals surface area contributed by atoms with Gasteiger partial charge in [-0.05, 0) is 26.2 Å². The zero-order valence-electron chi connectivity index (χ0n) is 12.8. The van der Waals surface area contributed by atoms with Crippen LogP contribution in [0.15, 0.2) is 0 Å². The Kier molecular flexibility index (Phi) is 5.44. The van der Waals surface area contributed by atoms with Crippen molar-refractivity contribution in [2.24, 2.45) is 0 Å². The maximum Gasteiger partial charge on any atom is 0.0444 e. The van der Waals surface area contributed by atoms with Crippen molar-refractivity contribution in [3.63, 3.8) is 0 Å². The molecule has 1 N–H and O–H groups in total. The van der Waals surface area contributed by atoms with Gasteiger partial charge in [0.2, 0.25) is 0 Å². The van der Waals surface area contributed by atoms with E-state index in [0.29, 0.717) is 11.6 Å². The van der Waals surface area contributed by atoms with Gasteiger partial charge in [-0.1, -0.05) is 26.2 Å². The maximum atomic E-state index is 11.6. The molecule has 4 heteroatoms. The molecule has 0 bridgehead atoms. The van der Waals surface area contributed by atoms with E-state index in [1.54, 1.807) is 0 Å². The summed E-state index contributed by atoms with van der Waals surface area (Å²) in [6.45, 7) is 7.65. The molecule has 0 aromatic rings. The van der Waals surface area contributed by atoms with Gasteiger partial charge in [0.15, 0.2) is 0 Å². The van der Waals surface area contributed by atoms with E-state index in [0.717, 1.165) is 19.6 Å². The highest BCUT2D eigenvalue weighted by Crippen LogP contribution is 2.32. The smallest absolute Gasteiger partial charge is 0.0444 e. The van der Waals surface area contributed by atoms with Crippen molar-refractivity contribution in [2.45, 2.75) is 69.2 Å². The molecule has 1 aliphatic heterocycles. The Balaban J connectivity index is 2.01. The van der Waals surface area contributed by atoms with Crippen LogP contribution in [0, 0.1) is 0 Å². The van der Waals surface area contributed by atoms with Crippen molar-refractivity contribution >= 4 is 10.8 Å². The first-order chi connectivity index (χ1) is 9.06. The van der Waals surface area contributed by atoms with Crippen molar-refractivity contribution < 1.29 is 4.21 Å². The van der Waals surface area contributed by atoms with Crippen molar-refractivity contribution in [3.8, 4) is 0 Å². The van der Waals surface area contributed by atoms with Crippen LogP contribution >= 0.6 is 0 Å². The van der Waals surface area contributed by atoms with Crippen LogP contribution in [0.25, 0.3) is 0 Å². The number of nitrogens with zero attached hydrogens (tertiary/aromatic N) is 1. The summed E-state index contributed by atoms with van der Waals surface area (Å²) in [5.41, 5.74) is 0.360. The van der Waals surface area contributed by atoms with Gasteiger partial charge in [0, 0.05) is 53.5 Å². The van der Waals surface area contributed by atoms with E-state index in [1.165, 1.54) is 38.5 Å². The highest BCUT2D eigenvalue weighted by Gasteiger charge is 2.39. The Morgan fingerprint density at radius 1 is 1.37 bits per heavy atom. The molecule has 1 saturated heterocycles. The standard InChI is InChI=1S/C15H30N2OS/c1-4-14-10-16-15(8-6-5-7-9-15)12-17(14)11-13(2)19(3)18/h13-14,16H,4-12H2,1-3H3. The summed E-state index contributed by atoms with van der Waals surface area (Å²) >= 11 is 0. The second-order valence-corrected chi connectivity index (χ2v) is 8.32. The van der Waals surface area contributed by atoms with Crippen molar-refractivity contribution in [1.82, 2.24) is 10.2 Å². The molecular formula is C15H30N2OS. The summed E-state index contributed by atoms with van der Waals surface area (Å²) in [5.74, 6) is 0. The average Bonchev–Trinajstić information content (AvgIpc) is 2.40. The first kappa shape index (κ1) is 15.5. The minimum absolute atomic E-state index is 0.285. The molecule has 2 aliphatic rings. The van der Waals surface area contributed by atoms with Gasteiger partial charge in [0.25, 0.3) is 0 Å². The average molecular weight is 286 g/mol. The van der Waals surface area contributed by atoms with Gasteiger partial charge in [-0.2, -0.15) is 0 Å². The number of hydrogen-bond donors (Lipinski definition) is 1. The molecule has 0 aromatic carbocycles. The summed E-state index contributed by atoms with van der Waals surface area (Å²) in [7, 11) is -0.707. The van der Waals surface area contributed by atoms with Gasteiger partial charge < -0.3 is 5.32 Å². The Bertz CT molecular complexity index is 315. The van der Waals surface area contributed by atoms with Gasteiger partial charge in [0.1, 0.15) is 0 Å². The van der Waals surface area contributed by atoms with Crippen LogP contribution in [0.1, 0.15) is 52.4 Å². The summed E-state index contributed by atoms with van der Waals surface area (Å²) < 4.78 is 11.6. The van der Waals surface area contributed by atoms with E-state index in [2.05, 4.69) is 24.1 Å². The lowest BCUT2D eigenvalue weighted by Gasteiger charge is -2.50. The third-order valence-electron chi connectivity index (χ3n) is 5.08. The first-order valence-electron chi connectivity index (χ1n) is 7.87. The molecule has 2 rings (SSSR count). The fraction of sp³-hybridized carbons (Fsp3) is 1.00. The first-order valence-corrected chi connectivity index (χ1v) is 9.50. The third kappa shape index (κ3) is 3.79. The topological polar surface area (TPSA) is 32.3 Å². The van der Waals surface area contributed by atoms with E-state index in [1.807, 2.05) is 6.26 Å². The van der Waals surface area contributed by atoms with Crippen LogP contribution in [-0.2, 0) is 10.8 Å². The molecule has 1 heterocycles. The normalized spacial score (nSPS) is 31.2. The Morgan fingerprint density at radius 3 is 2.63 bits per heavy atom. The molecule has 3 nitrogen and oxygen atoms in total. The zero-order chi connectivity index (χ0) is 13.9. The van der Waals surface area contributed by atoms with Gasteiger partial charge in [-0.15, -0.1) is 0 Å². The summed E-state index contributed by atoms with van der Waals surface area (Å²) in [6, 6.07) is 0.624. The predicted octanol–water partition coefficient (Wildman–Crippen LogP) is 2.14. The number of hydrogen-bond acceptors (Lipinski definition) is 3. The predicted molar refractivity (Wildman–Crippen MR) is 83.0 cm³/mol. The van der Waals surface area contributed by atoms with Crippen LogP contribution in [-0.4, -0.2) is 51.8 Å². The maximum absolute atomic E-state index is 11.6. The number of nitrogens with one attached hydrogen (secondary N) is 1. The quantitative estimate of drug-likeness (QED) is 0.859. The number of piperazine rings is 1. The van der Waals surface area contributed by atoms with Gasteiger partial charge >= 0.3 is 0 Å². The fourth-order valence-electron chi connectivity index (χ4n) is 3.65. The van der Waals surface area contributed by atoms with E-state index < -0.39 is 10.8 Å². The molecule has 112 valence electrons. The molecule has 19 heavy (non-hydrogen) atoms. The zero-order valence-corrected chi connectivity index (χ0v) is 13.6. The van der Waals surface area contributed by atoms with Crippen LogP contribution in [0.5, 0.6) is 0 Å². The molecule has 0 aromatic heterocycles. The molecule has 3 atom stereocenters. The Morgan fingerprint density at radius 2 is 2.05 bits per heavy atom. The molecule has 2 fully saturated rings. The highest BCUT2D eigenvalue weighted by molar-refractivity contribution is 7.84. The van der Waals surface area contributed by atoms with Crippen molar-refractivity contribution in [1.29, 1.82) is 0 Å². The molecule has 1 spiro atoms. The monoisotopic (exact) mass is 286 g/mol. The van der Waals surface area contributed by atoms with Gasteiger partial charge in [-0.25, -0.2) is 0 Å². The SMILES string of the molecule is CCC1CNC2(CCCCC2)CN1CC(C)S(C)=O. The van der Waals surface area contributed by atoms with Crippen molar-refractivity contribution in [2.75, 3.05) is 25.9 Å². The summed E-state index contributed by atoms with van der Waals surface area (Å²) in [4.78, 5) is 2.62. The van der Waals surface area contributed by atoms with E-state index in [4.69, 9.17) is 0 Å². The van der Waals surface area contributed by atoms with Crippen molar-refractivity contribution in [3.05, 3.63) is 0 Å². The lowest BCUT2D eigenvalue weighted by molar-refractivity contribution is 0.0550. The Hall–Kier alpha value is 0.0700. The second-order valence-electron chi connectivity index (χ2n) is 6.52. The van der Waals surface area contributed by atoms with Crippen LogP contribution in [0.2, 0.25) is 0 Å². The molecule has 1 saturated carbocycles. The Labute approximate surface area is 121 Å². The molecular weight excluding hydrogens is 256 g/mol. The molecule has 0 radical (unpaired) electrons. The molecule has 0 amide bonds. The third-order valence-corrected chi connectivity index (χ3v) is 6.36. The van der Waals surface area contributed by atoms with Gasteiger partial charge in [0.05, 0.1) is 0 Å².